The molecule has 0 unspecified atom stereocenters. The van der Waals surface area contributed by atoms with Gasteiger partial charge in [-0.25, -0.2) is 4.79 Å². The van der Waals surface area contributed by atoms with Crippen LogP contribution in [0.25, 0.3) is 0 Å². The highest BCUT2D eigenvalue weighted by atomic mass is 16.6. The number of nitrogens with zero attached hydrogens (tertiary/aromatic N) is 3. The summed E-state index contributed by atoms with van der Waals surface area (Å²) in [6, 6.07) is 14.1. The van der Waals surface area contributed by atoms with Gasteiger partial charge in [0.1, 0.15) is 11.4 Å². The summed E-state index contributed by atoms with van der Waals surface area (Å²) < 4.78 is 11.9. The molecule has 31 heavy (non-hydrogen) atoms. The SMILES string of the molecule is Cc1cccc(C(=O)n2nc(Nc3ccccc3OCC(=O)OC(C)(C)C)nc2N)c1. The van der Waals surface area contributed by atoms with Crippen molar-refractivity contribution in [2.45, 2.75) is 33.3 Å². The van der Waals surface area contributed by atoms with Crippen LogP contribution >= 0.6 is 0 Å². The Bertz CT molecular complexity index is 1100. The number of nitrogen functional groups attached to an aromatic ring is 1. The van der Waals surface area contributed by atoms with E-state index < -0.39 is 17.5 Å². The first-order valence-electron chi connectivity index (χ1n) is 9.67. The van der Waals surface area contributed by atoms with E-state index >= 15 is 0 Å². The zero-order valence-corrected chi connectivity index (χ0v) is 17.9. The average molecular weight is 423 g/mol. The van der Waals surface area contributed by atoms with Crippen LogP contribution in [0.15, 0.2) is 48.5 Å². The maximum atomic E-state index is 12.7. The summed E-state index contributed by atoms with van der Waals surface area (Å²) in [7, 11) is 0. The molecule has 0 fully saturated rings. The Morgan fingerprint density at radius 1 is 1.13 bits per heavy atom. The number of para-hydroxylation sites is 2. The molecule has 0 spiro atoms. The lowest BCUT2D eigenvalue weighted by Crippen LogP contribution is -2.27. The van der Waals surface area contributed by atoms with Gasteiger partial charge in [0.2, 0.25) is 11.9 Å². The molecular formula is C22H25N5O4. The first kappa shape index (κ1) is 21.8. The fourth-order valence-corrected chi connectivity index (χ4v) is 2.75. The van der Waals surface area contributed by atoms with E-state index in [1.54, 1.807) is 63.2 Å². The van der Waals surface area contributed by atoms with Gasteiger partial charge in [-0.05, 0) is 52.0 Å². The number of esters is 1. The number of ether oxygens (including phenoxy) is 2. The molecule has 2 aromatic carbocycles. The van der Waals surface area contributed by atoms with Crippen LogP contribution in [0.5, 0.6) is 5.75 Å². The van der Waals surface area contributed by atoms with Crippen LogP contribution in [-0.2, 0) is 9.53 Å². The van der Waals surface area contributed by atoms with E-state index in [4.69, 9.17) is 15.2 Å². The molecule has 0 bridgehead atoms. The molecule has 3 N–H and O–H groups in total. The lowest BCUT2D eigenvalue weighted by Gasteiger charge is -2.19. The molecule has 0 radical (unpaired) electrons. The lowest BCUT2D eigenvalue weighted by molar-refractivity contribution is -0.157. The van der Waals surface area contributed by atoms with Gasteiger partial charge in [0.25, 0.3) is 5.91 Å². The minimum absolute atomic E-state index is 0.0545. The second-order valence-corrected chi connectivity index (χ2v) is 7.88. The third kappa shape index (κ3) is 5.81. The average Bonchev–Trinajstić information content (AvgIpc) is 3.05. The zero-order chi connectivity index (χ0) is 22.6. The van der Waals surface area contributed by atoms with Crippen LogP contribution in [0.1, 0.15) is 36.7 Å². The first-order valence-corrected chi connectivity index (χ1v) is 9.67. The van der Waals surface area contributed by atoms with E-state index in [0.717, 1.165) is 10.2 Å². The molecule has 162 valence electrons. The summed E-state index contributed by atoms with van der Waals surface area (Å²) in [5, 5.41) is 7.14. The van der Waals surface area contributed by atoms with Crippen molar-refractivity contribution in [1.29, 1.82) is 0 Å². The van der Waals surface area contributed by atoms with Crippen LogP contribution in [0.4, 0.5) is 17.6 Å². The molecule has 1 aromatic heterocycles. The molecule has 1 heterocycles. The number of carbonyl (C=O) groups excluding carboxylic acids is 2. The molecule has 3 aromatic rings. The van der Waals surface area contributed by atoms with Crippen molar-refractivity contribution >= 4 is 29.5 Å². The number of aromatic nitrogens is 3. The molecule has 0 aliphatic carbocycles. The Labute approximate surface area is 180 Å². The Morgan fingerprint density at radius 3 is 2.58 bits per heavy atom. The minimum atomic E-state index is -0.601. The van der Waals surface area contributed by atoms with Gasteiger partial charge in [-0.15, -0.1) is 5.10 Å². The van der Waals surface area contributed by atoms with Crippen LogP contribution in [-0.4, -0.2) is 38.8 Å². The number of aryl methyl sites for hydroxylation is 1. The van der Waals surface area contributed by atoms with Gasteiger partial charge in [0, 0.05) is 5.56 Å². The monoisotopic (exact) mass is 423 g/mol. The number of nitrogens with one attached hydrogen (secondary N) is 1. The van der Waals surface area contributed by atoms with Crippen LogP contribution in [0.3, 0.4) is 0 Å². The minimum Gasteiger partial charge on any atom is -0.480 e. The number of benzene rings is 2. The Kier molecular flexibility index (Phi) is 6.24. The third-order valence-electron chi connectivity index (χ3n) is 3.99. The predicted octanol–water partition coefficient (Wildman–Crippen LogP) is 3.32. The van der Waals surface area contributed by atoms with Crippen molar-refractivity contribution in [1.82, 2.24) is 14.8 Å². The maximum absolute atomic E-state index is 12.7. The summed E-state index contributed by atoms with van der Waals surface area (Å²) in [5.41, 5.74) is 7.20. The van der Waals surface area contributed by atoms with Gasteiger partial charge in [-0.3, -0.25) is 4.79 Å². The number of rotatable bonds is 6. The largest absolute Gasteiger partial charge is 0.480 e. The number of carbonyl (C=O) groups is 2. The van der Waals surface area contributed by atoms with Gasteiger partial charge in [-0.1, -0.05) is 29.8 Å². The van der Waals surface area contributed by atoms with Crippen LogP contribution in [0, 0.1) is 6.92 Å². The van der Waals surface area contributed by atoms with Gasteiger partial charge in [-0.2, -0.15) is 9.67 Å². The van der Waals surface area contributed by atoms with Crippen molar-refractivity contribution in [3.05, 3.63) is 59.7 Å². The van der Waals surface area contributed by atoms with Crippen molar-refractivity contribution in [3.8, 4) is 5.75 Å². The molecule has 0 amide bonds. The molecule has 3 rings (SSSR count). The predicted molar refractivity (Wildman–Crippen MR) is 116 cm³/mol. The summed E-state index contributed by atoms with van der Waals surface area (Å²) in [6.45, 7) is 6.98. The smallest absolute Gasteiger partial charge is 0.344 e. The highest BCUT2D eigenvalue weighted by Gasteiger charge is 2.19. The second kappa shape index (κ2) is 8.86. The lowest BCUT2D eigenvalue weighted by atomic mass is 10.1. The van der Waals surface area contributed by atoms with Crippen LogP contribution < -0.4 is 15.8 Å². The van der Waals surface area contributed by atoms with Crippen molar-refractivity contribution in [3.63, 3.8) is 0 Å². The Balaban J connectivity index is 1.74. The summed E-state index contributed by atoms with van der Waals surface area (Å²) in [5.74, 6) is -0.421. The molecule has 0 saturated heterocycles. The number of anilines is 3. The standard InChI is InChI=1S/C22H25N5O4/c1-14-8-7-9-15(12-14)19(29)27-20(23)25-21(26-27)24-16-10-5-6-11-17(16)30-13-18(28)31-22(2,3)4/h5-12H,13H2,1-4H3,(H3,23,24,25,26). The van der Waals surface area contributed by atoms with Crippen LogP contribution in [0.2, 0.25) is 0 Å². The first-order chi connectivity index (χ1) is 14.6. The van der Waals surface area contributed by atoms with Gasteiger partial charge in [0.15, 0.2) is 6.61 Å². The molecule has 0 aliphatic rings. The van der Waals surface area contributed by atoms with Gasteiger partial charge in [0.05, 0.1) is 5.69 Å². The molecule has 9 nitrogen and oxygen atoms in total. The Morgan fingerprint density at radius 2 is 1.87 bits per heavy atom. The fraction of sp³-hybridized carbons (Fsp3) is 0.273. The Hall–Kier alpha value is -3.88. The highest BCUT2D eigenvalue weighted by molar-refractivity contribution is 5.97. The summed E-state index contributed by atoms with van der Waals surface area (Å²) in [4.78, 5) is 28.8. The van der Waals surface area contributed by atoms with E-state index in [9.17, 15) is 9.59 Å². The topological polar surface area (TPSA) is 121 Å². The van der Waals surface area contributed by atoms with E-state index in [-0.39, 0.29) is 18.5 Å². The van der Waals surface area contributed by atoms with E-state index in [2.05, 4.69) is 15.4 Å². The molecular weight excluding hydrogens is 398 g/mol. The fourth-order valence-electron chi connectivity index (χ4n) is 2.75. The second-order valence-electron chi connectivity index (χ2n) is 7.88. The number of hydrogen-bond donors (Lipinski definition) is 2. The van der Waals surface area contributed by atoms with Crippen molar-refractivity contribution in [2.24, 2.45) is 0 Å². The molecule has 0 aliphatic heterocycles. The van der Waals surface area contributed by atoms with Crippen molar-refractivity contribution in [2.75, 3.05) is 17.7 Å². The normalized spacial score (nSPS) is 11.1. The van der Waals surface area contributed by atoms with E-state index in [0.29, 0.717) is 17.0 Å². The van der Waals surface area contributed by atoms with E-state index in [1.807, 2.05) is 13.0 Å². The molecule has 9 heteroatoms. The quantitative estimate of drug-likeness (QED) is 0.579. The zero-order valence-electron chi connectivity index (χ0n) is 17.9. The van der Waals surface area contributed by atoms with Crippen molar-refractivity contribution < 1.29 is 19.1 Å². The summed E-state index contributed by atoms with van der Waals surface area (Å²) in [6.07, 6.45) is 0. The summed E-state index contributed by atoms with van der Waals surface area (Å²) >= 11 is 0. The van der Waals surface area contributed by atoms with E-state index in [1.165, 1.54) is 0 Å². The number of nitrogens with two attached hydrogens (primary N) is 1. The van der Waals surface area contributed by atoms with Gasteiger partial charge >= 0.3 is 5.97 Å². The number of hydrogen-bond acceptors (Lipinski definition) is 8. The third-order valence-corrected chi connectivity index (χ3v) is 3.99. The molecule has 0 saturated carbocycles. The van der Waals surface area contributed by atoms with Gasteiger partial charge < -0.3 is 20.5 Å². The molecule has 0 atom stereocenters. The highest BCUT2D eigenvalue weighted by Crippen LogP contribution is 2.27. The maximum Gasteiger partial charge on any atom is 0.344 e.